The van der Waals surface area contributed by atoms with Gasteiger partial charge in [0.2, 0.25) is 0 Å². The van der Waals surface area contributed by atoms with Gasteiger partial charge in [0.05, 0.1) is 0 Å². The molecule has 0 aliphatic heterocycles. The number of ether oxygens (including phenoxy) is 2. The molecule has 0 spiro atoms. The normalized spacial score (nSPS) is 37.7. The van der Waals surface area contributed by atoms with Crippen LogP contribution in [0.3, 0.4) is 0 Å². The molecule has 8 atom stereocenters. The molecule has 0 radical (unpaired) electrons. The number of allylic oxidation sites excluding steroid dienone is 1. The number of rotatable bonds is 7. The van der Waals surface area contributed by atoms with Crippen molar-refractivity contribution in [2.24, 2.45) is 46.3 Å². The molecule has 0 saturated heterocycles. The van der Waals surface area contributed by atoms with Crippen LogP contribution in [0.15, 0.2) is 42.0 Å². The minimum Gasteiger partial charge on any atom is -0.430 e. The molecule has 4 aliphatic carbocycles. The molecule has 5 rings (SSSR count). The van der Waals surface area contributed by atoms with Gasteiger partial charge in [0.25, 0.3) is 0 Å². The Labute approximate surface area is 225 Å². The Kier molecular flexibility index (Phi) is 7.81. The summed E-state index contributed by atoms with van der Waals surface area (Å²) in [7, 11) is 0. The molecule has 8 unspecified atom stereocenters. The van der Waals surface area contributed by atoms with Crippen LogP contribution < -0.4 is 4.74 Å². The van der Waals surface area contributed by atoms with Crippen LogP contribution in [0.25, 0.3) is 0 Å². The van der Waals surface area contributed by atoms with E-state index in [1.54, 1.807) is 17.7 Å². The number of benzene rings is 1. The maximum Gasteiger partial charge on any atom is 0.514 e. The van der Waals surface area contributed by atoms with Crippen LogP contribution in [0.5, 0.6) is 5.75 Å². The summed E-state index contributed by atoms with van der Waals surface area (Å²) < 4.78 is 11.2. The van der Waals surface area contributed by atoms with Gasteiger partial charge >= 0.3 is 6.16 Å². The monoisotopic (exact) mass is 506 g/mol. The zero-order valence-electron chi connectivity index (χ0n) is 24.0. The Morgan fingerprint density at radius 2 is 1.76 bits per heavy atom. The van der Waals surface area contributed by atoms with Crippen LogP contribution in [0.1, 0.15) is 105 Å². The van der Waals surface area contributed by atoms with Crippen LogP contribution in [-0.2, 0) is 4.74 Å². The summed E-state index contributed by atoms with van der Waals surface area (Å²) in [4.78, 5) is 12.4. The smallest absolute Gasteiger partial charge is 0.430 e. The molecule has 0 amide bonds. The SMILES string of the molecule is CC(C)CCCC(C)C1CCC2C3CC=C4CC(OC(=O)Oc5ccccc5)CCC4(C)C3CCC12C. The molecule has 0 N–H and O–H groups in total. The van der Waals surface area contributed by atoms with E-state index in [1.165, 1.54) is 51.4 Å². The molecule has 204 valence electrons. The summed E-state index contributed by atoms with van der Waals surface area (Å²) >= 11 is 0. The highest BCUT2D eigenvalue weighted by molar-refractivity contribution is 5.64. The van der Waals surface area contributed by atoms with Gasteiger partial charge in [-0.3, -0.25) is 0 Å². The first-order chi connectivity index (χ1) is 17.7. The summed E-state index contributed by atoms with van der Waals surface area (Å²) in [5, 5.41) is 0. The molecule has 1 aromatic carbocycles. The van der Waals surface area contributed by atoms with Gasteiger partial charge in [-0.1, -0.05) is 83.7 Å². The van der Waals surface area contributed by atoms with E-state index in [-0.39, 0.29) is 11.5 Å². The predicted octanol–water partition coefficient (Wildman–Crippen LogP) is 9.61. The zero-order chi connectivity index (χ0) is 26.2. The molecule has 3 heteroatoms. The molecule has 0 heterocycles. The lowest BCUT2D eigenvalue weighted by atomic mass is 9.47. The Hall–Kier alpha value is -1.77. The highest BCUT2D eigenvalue weighted by atomic mass is 16.7. The van der Waals surface area contributed by atoms with E-state index in [2.05, 4.69) is 40.7 Å². The highest BCUT2D eigenvalue weighted by Crippen LogP contribution is 2.67. The van der Waals surface area contributed by atoms with Crippen LogP contribution in [0, 0.1) is 46.3 Å². The first-order valence-electron chi connectivity index (χ1n) is 15.3. The Morgan fingerprint density at radius 3 is 2.51 bits per heavy atom. The number of carbonyl (C=O) groups is 1. The van der Waals surface area contributed by atoms with Crippen molar-refractivity contribution in [1.82, 2.24) is 0 Å². The van der Waals surface area contributed by atoms with E-state index in [0.29, 0.717) is 11.2 Å². The quantitative estimate of drug-likeness (QED) is 0.210. The fraction of sp³-hybridized carbons (Fsp3) is 0.735. The molecule has 3 fully saturated rings. The van der Waals surface area contributed by atoms with Crippen LogP contribution in [-0.4, -0.2) is 12.3 Å². The molecule has 0 aromatic heterocycles. The van der Waals surface area contributed by atoms with Crippen molar-refractivity contribution in [3.8, 4) is 5.75 Å². The van der Waals surface area contributed by atoms with Crippen LogP contribution in [0.2, 0.25) is 0 Å². The third-order valence-corrected chi connectivity index (χ3v) is 11.5. The van der Waals surface area contributed by atoms with Crippen molar-refractivity contribution in [3.05, 3.63) is 42.0 Å². The van der Waals surface area contributed by atoms with Gasteiger partial charge in [0.1, 0.15) is 11.9 Å². The Balaban J connectivity index is 1.22. The lowest BCUT2D eigenvalue weighted by molar-refractivity contribution is -0.0597. The average molecular weight is 507 g/mol. The third-order valence-electron chi connectivity index (χ3n) is 11.5. The largest absolute Gasteiger partial charge is 0.514 e. The maximum absolute atomic E-state index is 12.4. The summed E-state index contributed by atoms with van der Waals surface area (Å²) in [6, 6.07) is 9.23. The highest BCUT2D eigenvalue weighted by Gasteiger charge is 2.59. The van der Waals surface area contributed by atoms with Crippen molar-refractivity contribution in [2.45, 2.75) is 111 Å². The van der Waals surface area contributed by atoms with Crippen molar-refractivity contribution >= 4 is 6.16 Å². The van der Waals surface area contributed by atoms with E-state index in [4.69, 9.17) is 9.47 Å². The molecule has 0 bridgehead atoms. The second kappa shape index (κ2) is 10.8. The number of carbonyl (C=O) groups excluding carboxylic acids is 1. The summed E-state index contributed by atoms with van der Waals surface area (Å²) in [6.45, 7) is 12.5. The summed E-state index contributed by atoms with van der Waals surface area (Å²) in [5.74, 6) is 5.64. The minimum atomic E-state index is -0.568. The molecular formula is C34H50O3. The summed E-state index contributed by atoms with van der Waals surface area (Å²) in [5.41, 5.74) is 2.36. The molecule has 37 heavy (non-hydrogen) atoms. The average Bonchev–Trinajstić information content (AvgIpc) is 3.22. The number of hydrogen-bond acceptors (Lipinski definition) is 3. The third kappa shape index (κ3) is 5.26. The van der Waals surface area contributed by atoms with Gasteiger partial charge < -0.3 is 9.47 Å². The lowest BCUT2D eigenvalue weighted by Gasteiger charge is -2.58. The van der Waals surface area contributed by atoms with Gasteiger partial charge in [-0.25, -0.2) is 4.79 Å². The Morgan fingerprint density at radius 1 is 0.973 bits per heavy atom. The molecule has 3 nitrogen and oxygen atoms in total. The van der Waals surface area contributed by atoms with Crippen molar-refractivity contribution < 1.29 is 14.3 Å². The van der Waals surface area contributed by atoms with Gasteiger partial charge in [-0.2, -0.15) is 0 Å². The van der Waals surface area contributed by atoms with Crippen molar-refractivity contribution in [3.63, 3.8) is 0 Å². The molecule has 1 aromatic rings. The Bertz CT molecular complexity index is 967. The lowest BCUT2D eigenvalue weighted by Crippen LogP contribution is -2.51. The predicted molar refractivity (Wildman–Crippen MR) is 150 cm³/mol. The second-order valence-corrected chi connectivity index (χ2v) is 13.9. The topological polar surface area (TPSA) is 35.5 Å². The number of fused-ring (bicyclic) bond motifs is 5. The molecule has 3 saturated carbocycles. The van der Waals surface area contributed by atoms with Gasteiger partial charge in [-0.15, -0.1) is 0 Å². The van der Waals surface area contributed by atoms with Crippen LogP contribution in [0.4, 0.5) is 4.79 Å². The molecular weight excluding hydrogens is 456 g/mol. The van der Waals surface area contributed by atoms with Crippen molar-refractivity contribution in [2.75, 3.05) is 0 Å². The van der Waals surface area contributed by atoms with E-state index < -0.39 is 6.16 Å². The van der Waals surface area contributed by atoms with E-state index in [0.717, 1.165) is 54.8 Å². The zero-order valence-corrected chi connectivity index (χ0v) is 24.0. The molecule has 4 aliphatic rings. The first kappa shape index (κ1) is 26.8. The second-order valence-electron chi connectivity index (χ2n) is 13.9. The first-order valence-corrected chi connectivity index (χ1v) is 15.3. The fourth-order valence-electron chi connectivity index (χ4n) is 9.50. The van der Waals surface area contributed by atoms with Crippen molar-refractivity contribution in [1.29, 1.82) is 0 Å². The fourth-order valence-corrected chi connectivity index (χ4v) is 9.50. The van der Waals surface area contributed by atoms with Gasteiger partial charge in [-0.05, 0) is 103 Å². The standard InChI is InChI=1S/C34H50O3/c1-23(2)10-9-11-24(3)29-16-17-30-28-15-14-25-22-27(37-32(35)36-26-12-7-6-8-13-26)18-20-33(25,4)31(28)19-21-34(29,30)5/h6-8,12-14,23-24,27-31H,9-11,15-22H2,1-5H3. The van der Waals surface area contributed by atoms with Gasteiger partial charge in [0.15, 0.2) is 0 Å². The summed E-state index contributed by atoms with van der Waals surface area (Å²) in [6.07, 6.45) is 16.0. The number of para-hydroxylation sites is 1. The van der Waals surface area contributed by atoms with E-state index >= 15 is 0 Å². The van der Waals surface area contributed by atoms with Gasteiger partial charge in [0, 0.05) is 6.42 Å². The minimum absolute atomic E-state index is 0.0662. The maximum atomic E-state index is 12.4. The number of hydrogen-bond donors (Lipinski definition) is 0. The van der Waals surface area contributed by atoms with E-state index in [9.17, 15) is 4.79 Å². The van der Waals surface area contributed by atoms with Crippen LogP contribution >= 0.6 is 0 Å². The van der Waals surface area contributed by atoms with E-state index in [1.807, 2.05) is 18.2 Å².